The molecule has 3 N–H and O–H groups in total. The molecule has 2 amide bonds. The third kappa shape index (κ3) is 3.36. The van der Waals surface area contributed by atoms with Crippen molar-refractivity contribution in [2.24, 2.45) is 0 Å². The molecular weight excluding hydrogens is 194 g/mol. The molecule has 0 saturated carbocycles. The zero-order valence-electron chi connectivity index (χ0n) is 9.14. The summed E-state index contributed by atoms with van der Waals surface area (Å²) >= 11 is 0. The first-order valence-corrected chi connectivity index (χ1v) is 5.03. The van der Waals surface area contributed by atoms with E-state index in [9.17, 15) is 9.59 Å². The molecule has 1 aliphatic rings. The zero-order valence-corrected chi connectivity index (χ0v) is 9.14. The predicted molar refractivity (Wildman–Crippen MR) is 57.3 cm³/mol. The third-order valence-corrected chi connectivity index (χ3v) is 2.46. The van der Waals surface area contributed by atoms with E-state index in [0.717, 1.165) is 24.2 Å². The second-order valence-corrected chi connectivity index (χ2v) is 3.51. The van der Waals surface area contributed by atoms with Crippen LogP contribution in [0, 0.1) is 0 Å². The van der Waals surface area contributed by atoms with E-state index in [1.165, 1.54) is 0 Å². The van der Waals surface area contributed by atoms with Crippen LogP contribution < -0.4 is 16.0 Å². The van der Waals surface area contributed by atoms with Crippen molar-refractivity contribution in [2.75, 3.05) is 26.7 Å². The van der Waals surface area contributed by atoms with Crippen molar-refractivity contribution in [2.45, 2.75) is 13.3 Å². The van der Waals surface area contributed by atoms with Crippen molar-refractivity contribution in [3.8, 4) is 0 Å². The lowest BCUT2D eigenvalue weighted by molar-refractivity contribution is -0.120. The first kappa shape index (κ1) is 11.7. The monoisotopic (exact) mass is 211 g/mol. The summed E-state index contributed by atoms with van der Waals surface area (Å²) in [7, 11) is 1.58. The number of hydrogen-bond donors (Lipinski definition) is 3. The second-order valence-electron chi connectivity index (χ2n) is 3.51. The average molecular weight is 211 g/mol. The number of nitrogens with one attached hydrogen (secondary N) is 3. The van der Waals surface area contributed by atoms with Gasteiger partial charge in [-0.1, -0.05) is 0 Å². The van der Waals surface area contributed by atoms with E-state index < -0.39 is 0 Å². The van der Waals surface area contributed by atoms with Crippen LogP contribution in [-0.2, 0) is 9.59 Å². The van der Waals surface area contributed by atoms with Crippen molar-refractivity contribution in [3.63, 3.8) is 0 Å². The predicted octanol–water partition coefficient (Wildman–Crippen LogP) is -0.842. The molecule has 0 atom stereocenters. The van der Waals surface area contributed by atoms with Crippen LogP contribution in [0.15, 0.2) is 11.1 Å². The first-order chi connectivity index (χ1) is 7.15. The number of carbonyl (C=O) groups is 2. The standard InChI is InChI=1S/C10H17N3O2/c1-7(8-5-12-6-8)10(15)13-4-3-9(14)11-2/h12H,3-6H2,1-2H3,(H,11,14)(H,13,15). The van der Waals surface area contributed by atoms with Crippen LogP contribution in [0.3, 0.4) is 0 Å². The molecule has 0 spiro atoms. The molecule has 0 aromatic carbocycles. The fourth-order valence-electron chi connectivity index (χ4n) is 1.22. The van der Waals surface area contributed by atoms with E-state index in [2.05, 4.69) is 16.0 Å². The molecule has 84 valence electrons. The van der Waals surface area contributed by atoms with Crippen molar-refractivity contribution in [3.05, 3.63) is 11.1 Å². The Morgan fingerprint density at radius 3 is 2.53 bits per heavy atom. The largest absolute Gasteiger partial charge is 0.359 e. The maximum absolute atomic E-state index is 11.5. The molecule has 1 fully saturated rings. The summed E-state index contributed by atoms with van der Waals surface area (Å²) in [6.45, 7) is 3.80. The molecule has 0 radical (unpaired) electrons. The average Bonchev–Trinajstić information content (AvgIpc) is 2.14. The fraction of sp³-hybridized carbons (Fsp3) is 0.600. The SMILES string of the molecule is CNC(=O)CCNC(=O)C(C)=C1CNC1. The van der Waals surface area contributed by atoms with Crippen molar-refractivity contribution < 1.29 is 9.59 Å². The zero-order chi connectivity index (χ0) is 11.3. The highest BCUT2D eigenvalue weighted by Gasteiger charge is 2.15. The Morgan fingerprint density at radius 1 is 1.40 bits per heavy atom. The smallest absolute Gasteiger partial charge is 0.246 e. The van der Waals surface area contributed by atoms with E-state index in [1.54, 1.807) is 7.05 Å². The van der Waals surface area contributed by atoms with E-state index in [-0.39, 0.29) is 11.8 Å². The Labute approximate surface area is 89.3 Å². The Bertz CT molecular complexity index is 291. The summed E-state index contributed by atoms with van der Waals surface area (Å²) in [5, 5.41) is 8.29. The molecular formula is C10H17N3O2. The molecule has 1 saturated heterocycles. The highest BCUT2D eigenvalue weighted by atomic mass is 16.2. The van der Waals surface area contributed by atoms with E-state index in [0.29, 0.717) is 13.0 Å². The molecule has 0 unspecified atom stereocenters. The summed E-state index contributed by atoms with van der Waals surface area (Å²) < 4.78 is 0. The molecule has 1 aliphatic heterocycles. The highest BCUT2D eigenvalue weighted by molar-refractivity contribution is 5.94. The number of amides is 2. The molecule has 1 heterocycles. The topological polar surface area (TPSA) is 70.2 Å². The molecule has 0 aromatic heterocycles. The highest BCUT2D eigenvalue weighted by Crippen LogP contribution is 2.08. The third-order valence-electron chi connectivity index (χ3n) is 2.46. The summed E-state index contributed by atoms with van der Waals surface area (Å²) in [6, 6.07) is 0. The summed E-state index contributed by atoms with van der Waals surface area (Å²) in [5.74, 6) is -0.138. The number of hydrogen-bond acceptors (Lipinski definition) is 3. The van der Waals surface area contributed by atoms with Gasteiger partial charge in [-0.25, -0.2) is 0 Å². The van der Waals surface area contributed by atoms with Gasteiger partial charge in [0, 0.05) is 38.7 Å². The molecule has 5 nitrogen and oxygen atoms in total. The van der Waals surface area contributed by atoms with Crippen LogP contribution >= 0.6 is 0 Å². The Kier molecular flexibility index (Phi) is 4.30. The van der Waals surface area contributed by atoms with Gasteiger partial charge in [-0.2, -0.15) is 0 Å². The number of carbonyl (C=O) groups excluding carboxylic acids is 2. The van der Waals surface area contributed by atoms with Crippen LogP contribution in [0.1, 0.15) is 13.3 Å². The van der Waals surface area contributed by atoms with Gasteiger partial charge in [0.25, 0.3) is 0 Å². The van der Waals surface area contributed by atoms with Gasteiger partial charge in [0.2, 0.25) is 11.8 Å². The summed E-state index contributed by atoms with van der Waals surface area (Å²) in [6.07, 6.45) is 0.323. The van der Waals surface area contributed by atoms with Crippen LogP contribution in [0.4, 0.5) is 0 Å². The van der Waals surface area contributed by atoms with Gasteiger partial charge in [0.1, 0.15) is 0 Å². The summed E-state index contributed by atoms with van der Waals surface area (Å²) in [4.78, 5) is 22.4. The molecule has 1 rings (SSSR count). The van der Waals surface area contributed by atoms with E-state index in [1.807, 2.05) is 6.92 Å². The maximum Gasteiger partial charge on any atom is 0.246 e. The van der Waals surface area contributed by atoms with Crippen LogP contribution in [0.2, 0.25) is 0 Å². The van der Waals surface area contributed by atoms with Crippen molar-refractivity contribution in [1.82, 2.24) is 16.0 Å². The van der Waals surface area contributed by atoms with E-state index in [4.69, 9.17) is 0 Å². The Morgan fingerprint density at radius 2 is 2.07 bits per heavy atom. The minimum absolute atomic E-state index is 0.0640. The lowest BCUT2D eigenvalue weighted by atomic mass is 10.0. The number of rotatable bonds is 4. The van der Waals surface area contributed by atoms with Gasteiger partial charge in [-0.15, -0.1) is 0 Å². The van der Waals surface area contributed by atoms with Gasteiger partial charge in [0.15, 0.2) is 0 Å². The van der Waals surface area contributed by atoms with Gasteiger partial charge in [-0.3, -0.25) is 9.59 Å². The molecule has 15 heavy (non-hydrogen) atoms. The minimum Gasteiger partial charge on any atom is -0.359 e. The Balaban J connectivity index is 2.27. The quantitative estimate of drug-likeness (QED) is 0.531. The summed E-state index contributed by atoms with van der Waals surface area (Å²) in [5.41, 5.74) is 1.91. The van der Waals surface area contributed by atoms with Crippen molar-refractivity contribution >= 4 is 11.8 Å². The van der Waals surface area contributed by atoms with Crippen molar-refractivity contribution in [1.29, 1.82) is 0 Å². The maximum atomic E-state index is 11.5. The van der Waals surface area contributed by atoms with Gasteiger partial charge in [0.05, 0.1) is 0 Å². The van der Waals surface area contributed by atoms with Gasteiger partial charge >= 0.3 is 0 Å². The fourth-order valence-corrected chi connectivity index (χ4v) is 1.22. The molecule has 0 bridgehead atoms. The lowest BCUT2D eigenvalue weighted by Crippen LogP contribution is -2.38. The van der Waals surface area contributed by atoms with Crippen LogP contribution in [-0.4, -0.2) is 38.5 Å². The minimum atomic E-state index is -0.0737. The normalized spacial score (nSPS) is 14.1. The van der Waals surface area contributed by atoms with Gasteiger partial charge < -0.3 is 16.0 Å². The first-order valence-electron chi connectivity index (χ1n) is 5.03. The second kappa shape index (κ2) is 5.50. The van der Waals surface area contributed by atoms with Gasteiger partial charge in [-0.05, 0) is 12.5 Å². The van der Waals surface area contributed by atoms with E-state index >= 15 is 0 Å². The molecule has 0 aliphatic carbocycles. The van der Waals surface area contributed by atoms with Crippen LogP contribution in [0.5, 0.6) is 0 Å². The lowest BCUT2D eigenvalue weighted by Gasteiger charge is -2.21. The molecule has 0 aromatic rings. The Hall–Kier alpha value is -1.36. The molecule has 5 heteroatoms. The van der Waals surface area contributed by atoms with Crippen LogP contribution in [0.25, 0.3) is 0 Å².